The standard InChI is InChI=1S/C14H23N3/c1-6-12(7-2)10-16-14-11(3)15-9-8-13(14)17(4)5/h8-10,12H,6-7H2,1-5H3. The molecule has 0 saturated carbocycles. The number of hydrogen-bond acceptors (Lipinski definition) is 3. The Morgan fingerprint density at radius 1 is 1.35 bits per heavy atom. The van der Waals surface area contributed by atoms with E-state index in [1.54, 1.807) is 0 Å². The molecule has 17 heavy (non-hydrogen) atoms. The summed E-state index contributed by atoms with van der Waals surface area (Å²) in [5.41, 5.74) is 3.10. The van der Waals surface area contributed by atoms with Gasteiger partial charge in [0.1, 0.15) is 5.69 Å². The molecule has 3 nitrogen and oxygen atoms in total. The van der Waals surface area contributed by atoms with Gasteiger partial charge in [0, 0.05) is 26.5 Å². The van der Waals surface area contributed by atoms with Gasteiger partial charge in [-0.2, -0.15) is 0 Å². The molecule has 0 bridgehead atoms. The molecular weight excluding hydrogens is 210 g/mol. The van der Waals surface area contributed by atoms with Crippen LogP contribution in [0.3, 0.4) is 0 Å². The Hall–Kier alpha value is -1.38. The molecule has 1 rings (SSSR count). The molecule has 0 saturated heterocycles. The SMILES string of the molecule is CCC(C=Nc1c(N(C)C)ccnc1C)CC. The molecule has 0 spiro atoms. The van der Waals surface area contributed by atoms with E-state index in [1.165, 1.54) is 0 Å². The lowest BCUT2D eigenvalue weighted by Crippen LogP contribution is -2.09. The largest absolute Gasteiger partial charge is 0.376 e. The summed E-state index contributed by atoms with van der Waals surface area (Å²) >= 11 is 0. The third kappa shape index (κ3) is 3.55. The van der Waals surface area contributed by atoms with Crippen molar-refractivity contribution in [1.29, 1.82) is 0 Å². The number of pyridine rings is 1. The highest BCUT2D eigenvalue weighted by Gasteiger charge is 2.07. The third-order valence-electron chi connectivity index (χ3n) is 3.03. The predicted octanol–water partition coefficient (Wildman–Crippen LogP) is 3.59. The average Bonchev–Trinajstić information content (AvgIpc) is 2.31. The second-order valence-electron chi connectivity index (χ2n) is 4.51. The van der Waals surface area contributed by atoms with Gasteiger partial charge in [-0.15, -0.1) is 0 Å². The van der Waals surface area contributed by atoms with Gasteiger partial charge in [-0.05, 0) is 31.7 Å². The predicted molar refractivity (Wildman–Crippen MR) is 75.5 cm³/mol. The third-order valence-corrected chi connectivity index (χ3v) is 3.03. The van der Waals surface area contributed by atoms with E-state index in [-0.39, 0.29) is 0 Å². The number of rotatable bonds is 5. The number of nitrogens with zero attached hydrogens (tertiary/aromatic N) is 3. The molecule has 0 aliphatic carbocycles. The maximum atomic E-state index is 4.64. The van der Waals surface area contributed by atoms with Crippen molar-refractivity contribution in [3.8, 4) is 0 Å². The van der Waals surface area contributed by atoms with E-state index in [2.05, 4.69) is 34.9 Å². The van der Waals surface area contributed by atoms with Crippen molar-refractivity contribution in [2.45, 2.75) is 33.6 Å². The Bertz CT molecular complexity index is 379. The summed E-state index contributed by atoms with van der Waals surface area (Å²) < 4.78 is 0. The van der Waals surface area contributed by atoms with Crippen molar-refractivity contribution in [3.63, 3.8) is 0 Å². The molecule has 0 aliphatic rings. The highest BCUT2D eigenvalue weighted by atomic mass is 15.1. The first kappa shape index (κ1) is 13.7. The quantitative estimate of drug-likeness (QED) is 0.727. The molecule has 0 N–H and O–H groups in total. The Morgan fingerprint density at radius 2 is 2.00 bits per heavy atom. The van der Waals surface area contributed by atoms with Crippen LogP contribution in [0.1, 0.15) is 32.4 Å². The zero-order valence-corrected chi connectivity index (χ0v) is 11.6. The van der Waals surface area contributed by atoms with Crippen LogP contribution in [-0.2, 0) is 0 Å². The lowest BCUT2D eigenvalue weighted by atomic mass is 10.1. The van der Waals surface area contributed by atoms with Crippen molar-refractivity contribution >= 4 is 17.6 Å². The highest BCUT2D eigenvalue weighted by Crippen LogP contribution is 2.29. The van der Waals surface area contributed by atoms with Gasteiger partial charge in [0.05, 0.1) is 11.4 Å². The molecule has 0 aromatic carbocycles. The van der Waals surface area contributed by atoms with Gasteiger partial charge < -0.3 is 4.90 Å². The summed E-state index contributed by atoms with van der Waals surface area (Å²) in [6.45, 7) is 6.40. The Kier molecular flexibility index (Phi) is 5.13. The first-order valence-electron chi connectivity index (χ1n) is 6.27. The van der Waals surface area contributed by atoms with Crippen LogP contribution in [0.25, 0.3) is 0 Å². The number of aliphatic imine (C=N–C) groups is 1. The fraction of sp³-hybridized carbons (Fsp3) is 0.571. The summed E-state index contributed by atoms with van der Waals surface area (Å²) in [5.74, 6) is 0.560. The van der Waals surface area contributed by atoms with Gasteiger partial charge in [0.2, 0.25) is 0 Å². The summed E-state index contributed by atoms with van der Waals surface area (Å²) in [6, 6.07) is 2.01. The molecule has 0 fully saturated rings. The first-order chi connectivity index (χ1) is 8.10. The molecule has 1 aromatic heterocycles. The molecule has 3 heteroatoms. The van der Waals surface area contributed by atoms with E-state index in [0.717, 1.165) is 29.9 Å². The Morgan fingerprint density at radius 3 is 2.53 bits per heavy atom. The van der Waals surface area contributed by atoms with Gasteiger partial charge in [-0.3, -0.25) is 9.98 Å². The van der Waals surface area contributed by atoms with Crippen LogP contribution >= 0.6 is 0 Å². The summed E-state index contributed by atoms with van der Waals surface area (Å²) in [7, 11) is 4.07. The van der Waals surface area contributed by atoms with Crippen LogP contribution in [0.15, 0.2) is 17.3 Å². The topological polar surface area (TPSA) is 28.5 Å². The smallest absolute Gasteiger partial charge is 0.107 e. The Labute approximate surface area is 105 Å². The molecule has 0 atom stereocenters. The van der Waals surface area contributed by atoms with Crippen molar-refractivity contribution < 1.29 is 0 Å². The lowest BCUT2D eigenvalue weighted by molar-refractivity contribution is 0.655. The molecule has 1 aromatic rings. The second kappa shape index (κ2) is 6.38. The molecule has 0 unspecified atom stereocenters. The van der Waals surface area contributed by atoms with Crippen LogP contribution in [0.5, 0.6) is 0 Å². The van der Waals surface area contributed by atoms with Crippen LogP contribution in [-0.4, -0.2) is 25.3 Å². The maximum absolute atomic E-state index is 4.64. The molecule has 1 heterocycles. The minimum Gasteiger partial charge on any atom is -0.376 e. The molecule has 0 amide bonds. The zero-order chi connectivity index (χ0) is 12.8. The Balaban J connectivity index is 3.04. The second-order valence-corrected chi connectivity index (χ2v) is 4.51. The van der Waals surface area contributed by atoms with Crippen LogP contribution in [0, 0.1) is 12.8 Å². The van der Waals surface area contributed by atoms with Crippen LogP contribution in [0.2, 0.25) is 0 Å². The minimum atomic E-state index is 0.560. The average molecular weight is 233 g/mol. The number of aromatic nitrogens is 1. The normalized spacial score (nSPS) is 11.4. The molecular formula is C14H23N3. The van der Waals surface area contributed by atoms with Gasteiger partial charge in [-0.25, -0.2) is 0 Å². The zero-order valence-electron chi connectivity index (χ0n) is 11.6. The van der Waals surface area contributed by atoms with E-state index in [1.807, 2.05) is 33.3 Å². The maximum Gasteiger partial charge on any atom is 0.107 e. The van der Waals surface area contributed by atoms with Crippen LogP contribution < -0.4 is 4.90 Å². The number of anilines is 1. The van der Waals surface area contributed by atoms with E-state index in [0.29, 0.717) is 5.92 Å². The van der Waals surface area contributed by atoms with E-state index >= 15 is 0 Å². The summed E-state index contributed by atoms with van der Waals surface area (Å²) in [6.07, 6.45) is 6.17. The van der Waals surface area contributed by atoms with Gasteiger partial charge in [0.15, 0.2) is 0 Å². The van der Waals surface area contributed by atoms with Gasteiger partial charge >= 0.3 is 0 Å². The fourth-order valence-electron chi connectivity index (χ4n) is 1.74. The molecule has 0 radical (unpaired) electrons. The van der Waals surface area contributed by atoms with Crippen molar-refractivity contribution in [1.82, 2.24) is 4.98 Å². The van der Waals surface area contributed by atoms with E-state index < -0.39 is 0 Å². The monoisotopic (exact) mass is 233 g/mol. The van der Waals surface area contributed by atoms with Crippen molar-refractivity contribution in [2.24, 2.45) is 10.9 Å². The summed E-state index contributed by atoms with van der Waals surface area (Å²) in [5, 5.41) is 0. The fourth-order valence-corrected chi connectivity index (χ4v) is 1.74. The lowest BCUT2D eigenvalue weighted by Gasteiger charge is -2.16. The molecule has 94 valence electrons. The first-order valence-corrected chi connectivity index (χ1v) is 6.27. The molecule has 0 aliphatic heterocycles. The minimum absolute atomic E-state index is 0.560. The van der Waals surface area contributed by atoms with E-state index in [4.69, 9.17) is 0 Å². The van der Waals surface area contributed by atoms with Crippen molar-refractivity contribution in [2.75, 3.05) is 19.0 Å². The van der Waals surface area contributed by atoms with Crippen molar-refractivity contribution in [3.05, 3.63) is 18.0 Å². The van der Waals surface area contributed by atoms with Gasteiger partial charge in [0.25, 0.3) is 0 Å². The van der Waals surface area contributed by atoms with Gasteiger partial charge in [-0.1, -0.05) is 13.8 Å². The summed E-state index contributed by atoms with van der Waals surface area (Å²) in [4.78, 5) is 11.0. The number of aryl methyl sites for hydroxylation is 1. The number of hydrogen-bond donors (Lipinski definition) is 0. The van der Waals surface area contributed by atoms with Crippen LogP contribution in [0.4, 0.5) is 11.4 Å². The highest BCUT2D eigenvalue weighted by molar-refractivity contribution is 5.75. The van der Waals surface area contributed by atoms with E-state index in [9.17, 15) is 0 Å².